The van der Waals surface area contributed by atoms with Gasteiger partial charge in [-0.3, -0.25) is 24.1 Å². The van der Waals surface area contributed by atoms with Crippen molar-refractivity contribution < 1.29 is 48.4 Å². The third-order valence-corrected chi connectivity index (χ3v) is 9.11. The van der Waals surface area contributed by atoms with Crippen LogP contribution in [-0.2, 0) is 27.3 Å². The van der Waals surface area contributed by atoms with Crippen molar-refractivity contribution in [1.29, 1.82) is 0 Å². The van der Waals surface area contributed by atoms with Crippen molar-refractivity contribution >= 4 is 29.0 Å². The number of aliphatic hydroxyl groups is 3. The third-order valence-electron chi connectivity index (χ3n) is 9.11. The second kappa shape index (κ2) is 11.2. The summed E-state index contributed by atoms with van der Waals surface area (Å²) in [6, 6.07) is 3.90. The normalized spacial score (nSPS) is 26.0. The summed E-state index contributed by atoms with van der Waals surface area (Å²) < 4.78 is 27.9. The fourth-order valence-electron chi connectivity index (χ4n) is 7.21. The van der Waals surface area contributed by atoms with E-state index >= 15 is 0 Å². The number of carbonyl (C=O) groups is 4. The molecule has 0 unspecified atom stereocenters. The van der Waals surface area contributed by atoms with Crippen LogP contribution in [0.5, 0.6) is 5.75 Å². The Hall–Kier alpha value is -4.46. The predicted molar refractivity (Wildman–Crippen MR) is 156 cm³/mol. The molecule has 1 amide bonds. The first-order valence-electron chi connectivity index (χ1n) is 14.2. The Morgan fingerprint density at radius 2 is 1.71 bits per heavy atom. The van der Waals surface area contributed by atoms with E-state index in [1.807, 2.05) is 0 Å². The molecule has 0 aliphatic heterocycles. The maximum atomic E-state index is 14.5. The minimum absolute atomic E-state index is 0.0893. The fraction of sp³-hybridized carbons (Fsp3) is 0.375. The lowest BCUT2D eigenvalue weighted by Gasteiger charge is -2.55. The van der Waals surface area contributed by atoms with Gasteiger partial charge in [-0.1, -0.05) is 6.07 Å². The molecule has 238 valence electrons. The van der Waals surface area contributed by atoms with Crippen molar-refractivity contribution in [3.05, 3.63) is 81.1 Å². The number of benzene rings is 2. The molecule has 1 fully saturated rings. The number of likely N-dealkylation sites (N-methyl/N-ethyl adjacent to an activating group) is 1. The van der Waals surface area contributed by atoms with Gasteiger partial charge in [0.25, 0.3) is 5.91 Å². The number of carbonyl (C=O) groups excluding carboxylic acids is 4. The molecule has 0 radical (unpaired) electrons. The van der Waals surface area contributed by atoms with Crippen LogP contribution in [0.1, 0.15) is 40.4 Å². The number of aromatic hydroxyl groups is 1. The zero-order chi connectivity index (χ0) is 33.2. The van der Waals surface area contributed by atoms with Crippen LogP contribution >= 0.6 is 0 Å². The van der Waals surface area contributed by atoms with E-state index in [9.17, 15) is 48.4 Å². The molecule has 0 saturated heterocycles. The number of phenols is 1. The fourth-order valence-corrected chi connectivity index (χ4v) is 7.21. The van der Waals surface area contributed by atoms with E-state index in [2.05, 4.69) is 10.6 Å². The van der Waals surface area contributed by atoms with Crippen LogP contribution in [0.15, 0.2) is 47.2 Å². The van der Waals surface area contributed by atoms with Gasteiger partial charge in [0.05, 0.1) is 11.6 Å². The van der Waals surface area contributed by atoms with E-state index in [1.54, 1.807) is 13.1 Å². The van der Waals surface area contributed by atoms with Crippen LogP contribution in [-0.4, -0.2) is 87.9 Å². The highest BCUT2D eigenvalue weighted by Gasteiger charge is 2.67. The summed E-state index contributed by atoms with van der Waals surface area (Å²) in [5.74, 6) is -9.41. The topological polar surface area (TPSA) is 176 Å². The number of amides is 1. The zero-order valence-corrected chi connectivity index (χ0v) is 25.0. The summed E-state index contributed by atoms with van der Waals surface area (Å²) in [7, 11) is 4.68. The number of phenolic OH excluding ortho intramolecular Hbond substituents is 1. The van der Waals surface area contributed by atoms with Crippen LogP contribution in [0, 0.1) is 23.0 Å². The SMILES string of the molecule is CNCc1ccc(O)c2c1C[C@@]1(CNC(=O)c3cc(F)cc(F)c3)C[C@H]3[C@H](N(C)C)C(=O)C(C(C)=O)=C(O)[C@@]3(O)C(=O)C1=C2O. The summed E-state index contributed by atoms with van der Waals surface area (Å²) >= 11 is 0. The molecule has 4 atom stereocenters. The van der Waals surface area contributed by atoms with E-state index in [0.717, 1.165) is 19.1 Å². The van der Waals surface area contributed by atoms with Gasteiger partial charge in [0.2, 0.25) is 5.78 Å². The van der Waals surface area contributed by atoms with Crippen molar-refractivity contribution in [2.24, 2.45) is 11.3 Å². The lowest BCUT2D eigenvalue weighted by atomic mass is 9.51. The van der Waals surface area contributed by atoms with E-state index in [-0.39, 0.29) is 36.3 Å². The number of Topliss-reactive ketones (excluding diaryl/α,β-unsaturated/α-hetero) is 3. The minimum atomic E-state index is -2.83. The smallest absolute Gasteiger partial charge is 0.251 e. The van der Waals surface area contributed by atoms with Gasteiger partial charge in [0, 0.05) is 41.6 Å². The molecule has 45 heavy (non-hydrogen) atoms. The number of nitrogens with one attached hydrogen (secondary N) is 2. The van der Waals surface area contributed by atoms with E-state index in [4.69, 9.17) is 0 Å². The van der Waals surface area contributed by atoms with Crippen LogP contribution < -0.4 is 10.6 Å². The largest absolute Gasteiger partial charge is 0.508 e. The van der Waals surface area contributed by atoms with Gasteiger partial charge in [0.15, 0.2) is 17.2 Å². The summed E-state index contributed by atoms with van der Waals surface area (Å²) in [5, 5.41) is 51.4. The number of fused-ring (bicyclic) bond motifs is 3. The van der Waals surface area contributed by atoms with E-state index < -0.39 is 87.1 Å². The molecule has 11 nitrogen and oxygen atoms in total. The van der Waals surface area contributed by atoms with E-state index in [1.165, 1.54) is 25.1 Å². The molecule has 2 aromatic carbocycles. The molecule has 6 N–H and O–H groups in total. The molecular weight excluding hydrogens is 592 g/mol. The molecule has 0 aromatic heterocycles. The molecule has 3 aliphatic rings. The first kappa shape index (κ1) is 31.9. The maximum Gasteiger partial charge on any atom is 0.251 e. The summed E-state index contributed by atoms with van der Waals surface area (Å²) in [6.07, 6.45) is -0.383. The number of halogens is 2. The van der Waals surface area contributed by atoms with Crippen molar-refractivity contribution in [3.63, 3.8) is 0 Å². The molecule has 13 heteroatoms. The van der Waals surface area contributed by atoms with Gasteiger partial charge in [0.1, 0.15) is 34.5 Å². The third kappa shape index (κ3) is 4.82. The number of aliphatic hydroxyl groups excluding tert-OH is 2. The number of hydrogen-bond donors (Lipinski definition) is 6. The quantitative estimate of drug-likeness (QED) is 0.249. The van der Waals surface area contributed by atoms with Crippen LogP contribution in [0.25, 0.3) is 5.76 Å². The Balaban J connectivity index is 1.75. The average molecular weight is 626 g/mol. The maximum absolute atomic E-state index is 14.5. The minimum Gasteiger partial charge on any atom is -0.508 e. The lowest BCUT2D eigenvalue weighted by molar-refractivity contribution is -0.157. The highest BCUT2D eigenvalue weighted by molar-refractivity contribution is 6.25. The van der Waals surface area contributed by atoms with Crippen LogP contribution in [0.2, 0.25) is 0 Å². The molecule has 0 bridgehead atoms. The Kier molecular flexibility index (Phi) is 7.92. The zero-order valence-electron chi connectivity index (χ0n) is 25.0. The molecule has 1 saturated carbocycles. The molecule has 5 rings (SSSR count). The molecule has 0 heterocycles. The lowest BCUT2D eigenvalue weighted by Crippen LogP contribution is -2.68. The van der Waals surface area contributed by atoms with Crippen molar-refractivity contribution in [2.45, 2.75) is 38.0 Å². The van der Waals surface area contributed by atoms with Crippen molar-refractivity contribution in [1.82, 2.24) is 15.5 Å². The first-order valence-corrected chi connectivity index (χ1v) is 14.2. The molecule has 0 spiro atoms. The summed E-state index contributed by atoms with van der Waals surface area (Å²) in [4.78, 5) is 55.2. The van der Waals surface area contributed by atoms with Gasteiger partial charge < -0.3 is 31.1 Å². The van der Waals surface area contributed by atoms with Gasteiger partial charge in [-0.25, -0.2) is 8.78 Å². The first-order chi connectivity index (χ1) is 21.1. The van der Waals surface area contributed by atoms with E-state index in [0.29, 0.717) is 17.2 Å². The monoisotopic (exact) mass is 625 g/mol. The van der Waals surface area contributed by atoms with Crippen molar-refractivity contribution in [2.75, 3.05) is 27.7 Å². The number of hydrogen-bond acceptors (Lipinski definition) is 10. The standard InChI is InChI=1S/C32H33F2N3O8/c1-14(38)22-27(41)25(37(3)4)20-11-31(13-36-30(44)16-7-17(33)9-18(34)8-16)10-19-15(12-35-2)5-6-21(39)23(19)26(40)24(31)29(43)32(20,45)28(22)42/h5-9,20,25,35,39-40,42,45H,10-13H2,1-4H3,(H,36,44)/t20-,25-,31-,32+/m0/s1. The van der Waals surface area contributed by atoms with Gasteiger partial charge in [-0.2, -0.15) is 0 Å². The Morgan fingerprint density at radius 3 is 2.29 bits per heavy atom. The second-order valence-corrected chi connectivity index (χ2v) is 12.1. The molecule has 3 aliphatic carbocycles. The Morgan fingerprint density at radius 1 is 1.07 bits per heavy atom. The van der Waals surface area contributed by atoms with Crippen LogP contribution in [0.3, 0.4) is 0 Å². The number of rotatable bonds is 7. The Bertz CT molecular complexity index is 1710. The molecular formula is C32H33F2N3O8. The average Bonchev–Trinajstić information content (AvgIpc) is 2.94. The van der Waals surface area contributed by atoms with Crippen LogP contribution in [0.4, 0.5) is 8.78 Å². The second-order valence-electron chi connectivity index (χ2n) is 12.1. The molecule has 2 aromatic rings. The van der Waals surface area contributed by atoms with Crippen molar-refractivity contribution in [3.8, 4) is 5.75 Å². The van der Waals surface area contributed by atoms with Gasteiger partial charge in [-0.15, -0.1) is 0 Å². The summed E-state index contributed by atoms with van der Waals surface area (Å²) in [5.41, 5.74) is -4.98. The summed E-state index contributed by atoms with van der Waals surface area (Å²) in [6.45, 7) is 0.868. The highest BCUT2D eigenvalue weighted by Crippen LogP contribution is 2.58. The highest BCUT2D eigenvalue weighted by atomic mass is 19.1. The van der Waals surface area contributed by atoms with Gasteiger partial charge in [-0.05, 0) is 70.2 Å². The number of nitrogens with zero attached hydrogens (tertiary/aromatic N) is 1. The Labute approximate surface area is 256 Å². The predicted octanol–water partition coefficient (Wildman–Crippen LogP) is 1.87. The number of ketones is 3. The van der Waals surface area contributed by atoms with Gasteiger partial charge >= 0.3 is 0 Å².